The molecule has 0 saturated carbocycles. The summed E-state index contributed by atoms with van der Waals surface area (Å²) in [5, 5.41) is 3.28. The van der Waals surface area contributed by atoms with Gasteiger partial charge in [0, 0.05) is 25.6 Å². The first-order valence-corrected chi connectivity index (χ1v) is 7.65. The first-order chi connectivity index (χ1) is 10.3. The van der Waals surface area contributed by atoms with Gasteiger partial charge in [-0.1, -0.05) is 23.7 Å². The summed E-state index contributed by atoms with van der Waals surface area (Å²) in [4.78, 5) is 25.4. The van der Waals surface area contributed by atoms with Crippen LogP contribution < -0.4 is 5.32 Å². The minimum absolute atomic E-state index is 0.193. The molecule has 1 aromatic rings. The molecule has 0 radical (unpaired) electrons. The number of benzene rings is 1. The molecule has 0 aliphatic carbocycles. The van der Waals surface area contributed by atoms with E-state index in [-0.39, 0.29) is 17.9 Å². The lowest BCUT2D eigenvalue weighted by atomic mass is 10.0. The molecule has 5 nitrogen and oxygen atoms in total. The number of halogens is 1. The number of amides is 2. The van der Waals surface area contributed by atoms with Gasteiger partial charge < -0.3 is 15.0 Å². The lowest BCUT2D eigenvalue weighted by molar-refractivity contribution is -0.000531. The van der Waals surface area contributed by atoms with E-state index in [4.69, 9.17) is 16.3 Å². The fourth-order valence-electron chi connectivity index (χ4n) is 2.15. The summed E-state index contributed by atoms with van der Waals surface area (Å²) in [5.74, 6) is 0.0558. The van der Waals surface area contributed by atoms with E-state index in [1.165, 1.54) is 0 Å². The number of ether oxygens (including phenoxy) is 1. The molecule has 0 aromatic heterocycles. The van der Waals surface area contributed by atoms with E-state index in [1.54, 1.807) is 29.2 Å². The lowest BCUT2D eigenvalue weighted by Gasteiger charge is -2.39. The van der Waals surface area contributed by atoms with Gasteiger partial charge in [-0.3, -0.25) is 4.79 Å². The Morgan fingerprint density at radius 2 is 1.95 bits per heavy atom. The van der Waals surface area contributed by atoms with Crippen molar-refractivity contribution in [1.29, 1.82) is 0 Å². The largest absolute Gasteiger partial charge is 0.444 e. The van der Waals surface area contributed by atoms with Gasteiger partial charge in [-0.05, 0) is 32.9 Å². The van der Waals surface area contributed by atoms with Gasteiger partial charge in [0.15, 0.2) is 0 Å². The van der Waals surface area contributed by atoms with Crippen LogP contribution in [-0.4, -0.2) is 42.1 Å². The molecule has 0 bridgehead atoms. The highest BCUT2D eigenvalue weighted by molar-refractivity contribution is 6.33. The zero-order valence-electron chi connectivity index (χ0n) is 13.1. The van der Waals surface area contributed by atoms with Crippen molar-refractivity contribution < 1.29 is 14.3 Å². The highest BCUT2D eigenvalue weighted by atomic mass is 35.5. The van der Waals surface area contributed by atoms with Gasteiger partial charge in [0.05, 0.1) is 10.6 Å². The average molecular weight is 325 g/mol. The zero-order valence-corrected chi connectivity index (χ0v) is 13.8. The Labute approximate surface area is 135 Å². The molecule has 22 heavy (non-hydrogen) atoms. The second-order valence-electron chi connectivity index (χ2n) is 6.44. The van der Waals surface area contributed by atoms with Crippen LogP contribution >= 0.6 is 11.6 Å². The molecule has 1 N–H and O–H groups in total. The summed E-state index contributed by atoms with van der Waals surface area (Å²) in [7, 11) is 0. The van der Waals surface area contributed by atoms with Crippen LogP contribution in [0.5, 0.6) is 0 Å². The Hall–Kier alpha value is -1.75. The number of nitrogens with one attached hydrogen (secondary N) is 1. The van der Waals surface area contributed by atoms with Crippen LogP contribution in [0.1, 0.15) is 31.1 Å². The van der Waals surface area contributed by atoms with E-state index in [1.807, 2.05) is 20.8 Å². The molecule has 1 saturated heterocycles. The predicted octanol–water partition coefficient (Wildman–Crippen LogP) is 2.94. The van der Waals surface area contributed by atoms with Crippen molar-refractivity contribution >= 4 is 23.6 Å². The number of hydrogen-bond donors (Lipinski definition) is 1. The normalized spacial score (nSPS) is 15.2. The number of carbonyl (C=O) groups is 2. The van der Waals surface area contributed by atoms with Gasteiger partial charge >= 0.3 is 6.09 Å². The molecule has 0 unspecified atom stereocenters. The van der Waals surface area contributed by atoms with Crippen LogP contribution in [0.15, 0.2) is 24.3 Å². The van der Waals surface area contributed by atoms with Crippen molar-refractivity contribution in [3.05, 3.63) is 34.9 Å². The van der Waals surface area contributed by atoms with E-state index in [9.17, 15) is 9.59 Å². The third-order valence-corrected chi connectivity index (χ3v) is 3.61. The molecule has 2 amide bonds. The number of nitrogens with zero attached hydrogens (tertiary/aromatic N) is 1. The lowest BCUT2D eigenvalue weighted by Crippen LogP contribution is -2.54. The molecule has 1 aromatic carbocycles. The smallest absolute Gasteiger partial charge is 0.410 e. The summed E-state index contributed by atoms with van der Waals surface area (Å²) >= 11 is 5.98. The summed E-state index contributed by atoms with van der Waals surface area (Å²) in [6.07, 6.45) is -0.304. The zero-order chi connectivity index (χ0) is 16.3. The van der Waals surface area contributed by atoms with E-state index in [2.05, 4.69) is 5.32 Å². The molecule has 2 rings (SSSR count). The first-order valence-electron chi connectivity index (χ1n) is 7.27. The molecule has 1 aliphatic rings. The van der Waals surface area contributed by atoms with Gasteiger partial charge in [0.2, 0.25) is 0 Å². The summed E-state index contributed by atoms with van der Waals surface area (Å²) in [6, 6.07) is 6.92. The number of likely N-dealkylation sites (tertiary alicyclic amines) is 1. The number of rotatable bonds is 3. The second kappa shape index (κ2) is 6.57. The number of hydrogen-bond acceptors (Lipinski definition) is 3. The molecular weight excluding hydrogens is 304 g/mol. The molecule has 0 atom stereocenters. The number of carbonyl (C=O) groups excluding carboxylic acids is 2. The molecule has 6 heteroatoms. The van der Waals surface area contributed by atoms with Gasteiger partial charge in [-0.2, -0.15) is 0 Å². The summed E-state index contributed by atoms with van der Waals surface area (Å²) in [5.41, 5.74) is -0.0204. The Kier molecular flexibility index (Phi) is 4.96. The quantitative estimate of drug-likeness (QED) is 0.930. The summed E-state index contributed by atoms with van der Waals surface area (Å²) in [6.45, 7) is 7.22. The second-order valence-corrected chi connectivity index (χ2v) is 6.85. The van der Waals surface area contributed by atoms with Crippen molar-refractivity contribution in [3.63, 3.8) is 0 Å². The Morgan fingerprint density at radius 3 is 2.55 bits per heavy atom. The fraction of sp³-hybridized carbons (Fsp3) is 0.500. The van der Waals surface area contributed by atoms with E-state index < -0.39 is 5.60 Å². The molecule has 120 valence electrons. The van der Waals surface area contributed by atoms with Gasteiger partial charge in [-0.15, -0.1) is 0 Å². The van der Waals surface area contributed by atoms with Crippen LogP contribution in [-0.2, 0) is 4.74 Å². The van der Waals surface area contributed by atoms with Gasteiger partial charge in [-0.25, -0.2) is 4.79 Å². The van der Waals surface area contributed by atoms with Crippen molar-refractivity contribution in [2.45, 2.75) is 26.4 Å². The van der Waals surface area contributed by atoms with E-state index in [0.717, 1.165) is 0 Å². The molecule has 0 spiro atoms. The fourth-order valence-corrected chi connectivity index (χ4v) is 2.37. The van der Waals surface area contributed by atoms with Gasteiger partial charge in [0.25, 0.3) is 5.91 Å². The Morgan fingerprint density at radius 1 is 1.32 bits per heavy atom. The van der Waals surface area contributed by atoms with Crippen molar-refractivity contribution in [1.82, 2.24) is 10.2 Å². The maximum Gasteiger partial charge on any atom is 0.410 e. The van der Waals surface area contributed by atoms with Crippen LogP contribution in [0, 0.1) is 5.92 Å². The predicted molar refractivity (Wildman–Crippen MR) is 85.1 cm³/mol. The van der Waals surface area contributed by atoms with Crippen LogP contribution in [0.2, 0.25) is 5.02 Å². The van der Waals surface area contributed by atoms with Crippen molar-refractivity contribution in [2.75, 3.05) is 19.6 Å². The van der Waals surface area contributed by atoms with Gasteiger partial charge in [0.1, 0.15) is 5.60 Å². The monoisotopic (exact) mass is 324 g/mol. The molecular formula is C16H21ClN2O3. The minimum Gasteiger partial charge on any atom is -0.444 e. The van der Waals surface area contributed by atoms with E-state index in [0.29, 0.717) is 30.2 Å². The highest BCUT2D eigenvalue weighted by Crippen LogP contribution is 2.19. The van der Waals surface area contributed by atoms with Crippen molar-refractivity contribution in [3.8, 4) is 0 Å². The highest BCUT2D eigenvalue weighted by Gasteiger charge is 2.33. The third-order valence-electron chi connectivity index (χ3n) is 3.28. The first kappa shape index (κ1) is 16.6. The molecule has 1 heterocycles. The minimum atomic E-state index is -0.486. The standard InChI is InChI=1S/C16H21ClN2O3/c1-16(2,3)22-15(21)19-9-11(10-19)8-18-14(20)12-6-4-5-7-13(12)17/h4-7,11H,8-10H2,1-3H3,(H,18,20). The van der Waals surface area contributed by atoms with Crippen LogP contribution in [0.4, 0.5) is 4.79 Å². The van der Waals surface area contributed by atoms with Crippen LogP contribution in [0.25, 0.3) is 0 Å². The topological polar surface area (TPSA) is 58.6 Å². The summed E-state index contributed by atoms with van der Waals surface area (Å²) < 4.78 is 5.28. The molecule has 1 aliphatic heterocycles. The average Bonchev–Trinajstić information content (AvgIpc) is 2.34. The maximum absolute atomic E-state index is 12.0. The Balaban J connectivity index is 1.74. The van der Waals surface area contributed by atoms with Crippen LogP contribution in [0.3, 0.4) is 0 Å². The van der Waals surface area contributed by atoms with Crippen molar-refractivity contribution in [2.24, 2.45) is 5.92 Å². The third kappa shape index (κ3) is 4.37. The SMILES string of the molecule is CC(C)(C)OC(=O)N1CC(CNC(=O)c2ccccc2Cl)C1. The molecule has 1 fully saturated rings. The maximum atomic E-state index is 12.0. The Bertz CT molecular complexity index is 563. The van der Waals surface area contributed by atoms with E-state index >= 15 is 0 Å².